The fraction of sp³-hybridized carbons (Fsp3) is 0.385. The molecule has 0 N–H and O–H groups in total. The van der Waals surface area contributed by atoms with Crippen LogP contribution in [0.15, 0.2) is 22.9 Å². The molecule has 18 heavy (non-hydrogen) atoms. The van der Waals surface area contributed by atoms with E-state index in [0.717, 1.165) is 6.42 Å². The highest BCUT2D eigenvalue weighted by Gasteiger charge is 2.21. The number of nitrogens with zero attached hydrogens (tertiary/aromatic N) is 3. The van der Waals surface area contributed by atoms with Crippen LogP contribution in [0.4, 0.5) is 0 Å². The largest absolute Gasteiger partial charge is 0.339 e. The number of hydrogen-bond acceptors (Lipinski definition) is 5. The lowest BCUT2D eigenvalue weighted by Gasteiger charge is -2.08. The molecule has 0 aromatic carbocycles. The van der Waals surface area contributed by atoms with E-state index in [4.69, 9.17) is 4.52 Å². The first-order valence-corrected chi connectivity index (χ1v) is 5.93. The third kappa shape index (κ3) is 2.30. The smallest absolute Gasteiger partial charge is 0.223 e. The topological polar surface area (TPSA) is 68.9 Å². The van der Waals surface area contributed by atoms with E-state index in [9.17, 15) is 4.79 Å². The highest BCUT2D eigenvalue weighted by Crippen LogP contribution is 2.22. The molecular formula is C13H15N3O2. The van der Waals surface area contributed by atoms with Crippen molar-refractivity contribution < 1.29 is 9.32 Å². The van der Waals surface area contributed by atoms with E-state index >= 15 is 0 Å². The molecule has 0 bridgehead atoms. The van der Waals surface area contributed by atoms with Crippen molar-refractivity contribution in [1.29, 1.82) is 0 Å². The van der Waals surface area contributed by atoms with Gasteiger partial charge < -0.3 is 4.52 Å². The Morgan fingerprint density at radius 2 is 2.28 bits per heavy atom. The van der Waals surface area contributed by atoms with Gasteiger partial charge in [0.05, 0.1) is 5.56 Å². The molecule has 2 rings (SSSR count). The van der Waals surface area contributed by atoms with Crippen LogP contribution in [0.1, 0.15) is 36.6 Å². The first-order valence-electron chi connectivity index (χ1n) is 5.93. The lowest BCUT2D eigenvalue weighted by molar-refractivity contribution is 0.0923. The molecule has 5 nitrogen and oxygen atoms in total. The third-order valence-electron chi connectivity index (χ3n) is 2.87. The maximum absolute atomic E-state index is 12.2. The molecule has 0 fully saturated rings. The monoisotopic (exact) mass is 245 g/mol. The van der Waals surface area contributed by atoms with Crippen molar-refractivity contribution in [3.05, 3.63) is 29.9 Å². The zero-order valence-corrected chi connectivity index (χ0v) is 10.7. The van der Waals surface area contributed by atoms with E-state index in [0.29, 0.717) is 23.0 Å². The number of carbonyl (C=O) groups excluding carboxylic acids is 1. The van der Waals surface area contributed by atoms with Crippen molar-refractivity contribution in [3.8, 4) is 11.4 Å². The molecule has 0 saturated heterocycles. The maximum Gasteiger partial charge on any atom is 0.223 e. The summed E-state index contributed by atoms with van der Waals surface area (Å²) in [4.78, 5) is 20.5. The van der Waals surface area contributed by atoms with E-state index in [2.05, 4.69) is 15.1 Å². The van der Waals surface area contributed by atoms with Crippen molar-refractivity contribution in [3.63, 3.8) is 0 Å². The number of carbonyl (C=O) groups is 1. The second-order valence-electron chi connectivity index (χ2n) is 4.21. The zero-order chi connectivity index (χ0) is 13.1. The Bertz CT molecular complexity index is 563. The minimum Gasteiger partial charge on any atom is -0.339 e. The van der Waals surface area contributed by atoms with Crippen LogP contribution in [0.2, 0.25) is 0 Å². The van der Waals surface area contributed by atoms with E-state index in [1.165, 1.54) is 0 Å². The van der Waals surface area contributed by atoms with E-state index in [-0.39, 0.29) is 11.7 Å². The van der Waals surface area contributed by atoms with Gasteiger partial charge in [-0.15, -0.1) is 0 Å². The van der Waals surface area contributed by atoms with Gasteiger partial charge in [-0.25, -0.2) is 0 Å². The number of aromatic nitrogens is 3. The molecule has 94 valence electrons. The number of aryl methyl sites for hydroxylation is 1. The SMILES string of the molecule is CCC(C)C(=O)c1ncccc1-c1noc(C)n1. The number of ketones is 1. The quantitative estimate of drug-likeness (QED) is 0.774. The summed E-state index contributed by atoms with van der Waals surface area (Å²) < 4.78 is 4.94. The predicted octanol–water partition coefficient (Wildman–Crippen LogP) is 2.67. The molecule has 5 heteroatoms. The van der Waals surface area contributed by atoms with Crippen LogP contribution in [0, 0.1) is 12.8 Å². The second kappa shape index (κ2) is 5.08. The first-order chi connectivity index (χ1) is 8.63. The molecule has 1 unspecified atom stereocenters. The molecular weight excluding hydrogens is 230 g/mol. The average Bonchev–Trinajstić information content (AvgIpc) is 2.83. The van der Waals surface area contributed by atoms with Crippen molar-refractivity contribution in [2.45, 2.75) is 27.2 Å². The number of hydrogen-bond donors (Lipinski definition) is 0. The summed E-state index contributed by atoms with van der Waals surface area (Å²) in [7, 11) is 0. The minimum atomic E-state index is -0.0633. The minimum absolute atomic E-state index is 0.00977. The van der Waals surface area contributed by atoms with Crippen LogP contribution in [0.25, 0.3) is 11.4 Å². The Hall–Kier alpha value is -2.04. The van der Waals surface area contributed by atoms with Gasteiger partial charge >= 0.3 is 0 Å². The van der Waals surface area contributed by atoms with Gasteiger partial charge in [0.25, 0.3) is 0 Å². The summed E-state index contributed by atoms with van der Waals surface area (Å²) in [6.45, 7) is 5.58. The lowest BCUT2D eigenvalue weighted by Crippen LogP contribution is -2.13. The number of pyridine rings is 1. The molecule has 0 aliphatic heterocycles. The van der Waals surface area contributed by atoms with Gasteiger partial charge in [0.1, 0.15) is 5.69 Å². The summed E-state index contributed by atoms with van der Waals surface area (Å²) in [5.74, 6) is 0.824. The van der Waals surface area contributed by atoms with Gasteiger partial charge in [0, 0.05) is 19.0 Å². The second-order valence-corrected chi connectivity index (χ2v) is 4.21. The van der Waals surface area contributed by atoms with Crippen LogP contribution in [-0.2, 0) is 0 Å². The Balaban J connectivity index is 2.46. The van der Waals surface area contributed by atoms with Crippen molar-refractivity contribution in [2.75, 3.05) is 0 Å². The molecule has 0 aliphatic carbocycles. The molecule has 0 saturated carbocycles. The van der Waals surface area contributed by atoms with Gasteiger partial charge in [-0.2, -0.15) is 4.98 Å². The van der Waals surface area contributed by atoms with Crippen LogP contribution in [0.5, 0.6) is 0 Å². The Morgan fingerprint density at radius 3 is 2.89 bits per heavy atom. The molecule has 2 aromatic heterocycles. The van der Waals surface area contributed by atoms with Crippen LogP contribution < -0.4 is 0 Å². The summed E-state index contributed by atoms with van der Waals surface area (Å²) in [5.41, 5.74) is 1.03. The molecule has 0 amide bonds. The highest BCUT2D eigenvalue weighted by molar-refractivity contribution is 6.00. The zero-order valence-electron chi connectivity index (χ0n) is 10.7. The predicted molar refractivity (Wildman–Crippen MR) is 66.1 cm³/mol. The molecule has 1 atom stereocenters. The van der Waals surface area contributed by atoms with Crippen LogP contribution >= 0.6 is 0 Å². The summed E-state index contributed by atoms with van der Waals surface area (Å²) in [6.07, 6.45) is 2.38. The van der Waals surface area contributed by atoms with Gasteiger partial charge in [-0.05, 0) is 18.6 Å². The molecule has 0 aliphatic rings. The highest BCUT2D eigenvalue weighted by atomic mass is 16.5. The van der Waals surface area contributed by atoms with E-state index in [1.807, 2.05) is 13.8 Å². The van der Waals surface area contributed by atoms with Crippen molar-refractivity contribution in [1.82, 2.24) is 15.1 Å². The van der Waals surface area contributed by atoms with Crippen LogP contribution in [-0.4, -0.2) is 20.9 Å². The maximum atomic E-state index is 12.2. The van der Waals surface area contributed by atoms with Crippen molar-refractivity contribution >= 4 is 5.78 Å². The van der Waals surface area contributed by atoms with Gasteiger partial charge in [0.15, 0.2) is 5.78 Å². The van der Waals surface area contributed by atoms with Crippen LogP contribution in [0.3, 0.4) is 0 Å². The number of Topliss-reactive ketones (excluding diaryl/α,β-unsaturated/α-hetero) is 1. The Labute approximate surface area is 105 Å². The standard InChI is InChI=1S/C13H15N3O2/c1-4-8(2)12(17)11-10(6-5-7-14-11)13-15-9(3)18-16-13/h5-8H,4H2,1-3H3. The first kappa shape index (κ1) is 12.4. The molecule has 0 radical (unpaired) electrons. The van der Waals surface area contributed by atoms with Crippen molar-refractivity contribution in [2.24, 2.45) is 5.92 Å². The van der Waals surface area contributed by atoms with Gasteiger partial charge in [0.2, 0.25) is 11.7 Å². The Morgan fingerprint density at radius 1 is 1.50 bits per heavy atom. The van der Waals surface area contributed by atoms with E-state index in [1.54, 1.807) is 25.3 Å². The fourth-order valence-corrected chi connectivity index (χ4v) is 1.61. The van der Waals surface area contributed by atoms with Gasteiger partial charge in [-0.1, -0.05) is 19.0 Å². The fourth-order valence-electron chi connectivity index (χ4n) is 1.61. The lowest BCUT2D eigenvalue weighted by atomic mass is 9.97. The molecule has 0 spiro atoms. The Kier molecular flexibility index (Phi) is 3.50. The number of rotatable bonds is 4. The average molecular weight is 245 g/mol. The molecule has 2 aromatic rings. The summed E-state index contributed by atoms with van der Waals surface area (Å²) >= 11 is 0. The third-order valence-corrected chi connectivity index (χ3v) is 2.87. The molecule has 2 heterocycles. The normalized spacial score (nSPS) is 12.4. The van der Waals surface area contributed by atoms with Gasteiger partial charge in [-0.3, -0.25) is 9.78 Å². The van der Waals surface area contributed by atoms with E-state index < -0.39 is 0 Å². The summed E-state index contributed by atoms with van der Waals surface area (Å²) in [5, 5.41) is 3.84. The summed E-state index contributed by atoms with van der Waals surface area (Å²) in [6, 6.07) is 3.54.